The zero-order valence-electron chi connectivity index (χ0n) is 8.92. The second-order valence-electron chi connectivity index (χ2n) is 3.55. The molecule has 0 fully saturated rings. The minimum Gasteiger partial charge on any atom is -0.475 e. The number of imidazole rings is 1. The van der Waals surface area contributed by atoms with Crippen LogP contribution in [0.2, 0.25) is 0 Å². The highest BCUT2D eigenvalue weighted by Gasteiger charge is 1.99. The maximum Gasteiger partial charge on any atom is 0.231 e. The quantitative estimate of drug-likeness (QED) is 0.737. The SMILES string of the molecule is CN(C)CCOc1ccc2nccn2n1. The Morgan fingerprint density at radius 2 is 2.27 bits per heavy atom. The summed E-state index contributed by atoms with van der Waals surface area (Å²) < 4.78 is 7.19. The van der Waals surface area contributed by atoms with Crippen molar-refractivity contribution in [3.05, 3.63) is 24.5 Å². The van der Waals surface area contributed by atoms with E-state index in [2.05, 4.69) is 15.0 Å². The summed E-state index contributed by atoms with van der Waals surface area (Å²) in [5.41, 5.74) is 0.829. The number of rotatable bonds is 4. The molecule has 15 heavy (non-hydrogen) atoms. The average Bonchev–Trinajstić information content (AvgIpc) is 2.64. The van der Waals surface area contributed by atoms with E-state index in [0.717, 1.165) is 12.2 Å². The highest BCUT2D eigenvalue weighted by molar-refractivity contribution is 5.37. The van der Waals surface area contributed by atoms with Gasteiger partial charge in [0.15, 0.2) is 5.65 Å². The summed E-state index contributed by atoms with van der Waals surface area (Å²) in [4.78, 5) is 6.17. The van der Waals surface area contributed by atoms with Gasteiger partial charge in [-0.2, -0.15) is 0 Å². The summed E-state index contributed by atoms with van der Waals surface area (Å²) in [6.45, 7) is 1.52. The van der Waals surface area contributed by atoms with Crippen LogP contribution in [-0.4, -0.2) is 46.7 Å². The van der Waals surface area contributed by atoms with Crippen LogP contribution < -0.4 is 4.74 Å². The van der Waals surface area contributed by atoms with E-state index in [1.54, 1.807) is 16.9 Å². The maximum absolute atomic E-state index is 5.49. The Bertz CT molecular complexity index is 438. The summed E-state index contributed by atoms with van der Waals surface area (Å²) in [5, 5.41) is 4.25. The first-order valence-electron chi connectivity index (χ1n) is 4.83. The first-order chi connectivity index (χ1) is 7.25. The molecule has 0 aliphatic heterocycles. The fourth-order valence-electron chi connectivity index (χ4n) is 1.21. The van der Waals surface area contributed by atoms with Gasteiger partial charge in [0, 0.05) is 25.0 Å². The number of aromatic nitrogens is 3. The molecule has 0 amide bonds. The van der Waals surface area contributed by atoms with Gasteiger partial charge in [-0.15, -0.1) is 5.10 Å². The molecule has 2 heterocycles. The van der Waals surface area contributed by atoms with E-state index >= 15 is 0 Å². The van der Waals surface area contributed by atoms with E-state index in [-0.39, 0.29) is 0 Å². The van der Waals surface area contributed by atoms with Crippen molar-refractivity contribution >= 4 is 5.65 Å². The molecule has 0 aliphatic carbocycles. The molecule has 5 nitrogen and oxygen atoms in total. The average molecular weight is 206 g/mol. The summed E-state index contributed by atoms with van der Waals surface area (Å²) in [5.74, 6) is 0.627. The fraction of sp³-hybridized carbons (Fsp3) is 0.400. The lowest BCUT2D eigenvalue weighted by atomic mass is 10.5. The molecule has 0 radical (unpaired) electrons. The van der Waals surface area contributed by atoms with Gasteiger partial charge in [-0.1, -0.05) is 0 Å². The third-order valence-electron chi connectivity index (χ3n) is 2.02. The standard InChI is InChI=1S/C10H14N4O/c1-13(2)7-8-15-10-4-3-9-11-5-6-14(9)12-10/h3-6H,7-8H2,1-2H3. The van der Waals surface area contributed by atoms with Gasteiger partial charge >= 0.3 is 0 Å². The zero-order chi connectivity index (χ0) is 10.7. The Balaban J connectivity index is 2.02. The summed E-state index contributed by atoms with van der Waals surface area (Å²) >= 11 is 0. The topological polar surface area (TPSA) is 42.7 Å². The minimum absolute atomic E-state index is 0.627. The van der Waals surface area contributed by atoms with Crippen molar-refractivity contribution in [3.8, 4) is 5.88 Å². The zero-order valence-corrected chi connectivity index (χ0v) is 8.92. The number of ether oxygens (including phenoxy) is 1. The minimum atomic E-state index is 0.627. The van der Waals surface area contributed by atoms with Gasteiger partial charge in [-0.25, -0.2) is 9.50 Å². The molecule has 5 heteroatoms. The number of fused-ring (bicyclic) bond motifs is 1. The van der Waals surface area contributed by atoms with Crippen LogP contribution in [0.15, 0.2) is 24.5 Å². The Morgan fingerprint density at radius 3 is 3.07 bits per heavy atom. The largest absolute Gasteiger partial charge is 0.475 e. The molecule has 0 N–H and O–H groups in total. The molecule has 0 saturated carbocycles. The molecule has 80 valence electrons. The predicted octanol–water partition coefficient (Wildman–Crippen LogP) is 0.670. The van der Waals surface area contributed by atoms with E-state index in [4.69, 9.17) is 4.74 Å². The molecule has 0 aromatic carbocycles. The smallest absolute Gasteiger partial charge is 0.231 e. The Kier molecular flexibility index (Phi) is 2.82. The Hall–Kier alpha value is -1.62. The van der Waals surface area contributed by atoms with Gasteiger partial charge in [0.05, 0.1) is 0 Å². The van der Waals surface area contributed by atoms with Crippen molar-refractivity contribution in [2.24, 2.45) is 0 Å². The highest BCUT2D eigenvalue weighted by atomic mass is 16.5. The molecule has 2 rings (SSSR count). The predicted molar refractivity (Wildman–Crippen MR) is 57.0 cm³/mol. The maximum atomic E-state index is 5.49. The number of hydrogen-bond acceptors (Lipinski definition) is 4. The molecular weight excluding hydrogens is 192 g/mol. The normalized spacial score (nSPS) is 11.1. The van der Waals surface area contributed by atoms with Gasteiger partial charge in [0.25, 0.3) is 0 Å². The lowest BCUT2D eigenvalue weighted by Crippen LogP contribution is -2.19. The van der Waals surface area contributed by atoms with Crippen molar-refractivity contribution in [2.75, 3.05) is 27.2 Å². The van der Waals surface area contributed by atoms with Crippen LogP contribution in [0.5, 0.6) is 5.88 Å². The number of likely N-dealkylation sites (N-methyl/N-ethyl adjacent to an activating group) is 1. The molecule has 0 bridgehead atoms. The monoisotopic (exact) mass is 206 g/mol. The van der Waals surface area contributed by atoms with Crippen LogP contribution >= 0.6 is 0 Å². The first-order valence-corrected chi connectivity index (χ1v) is 4.83. The van der Waals surface area contributed by atoms with Crippen molar-refractivity contribution in [1.82, 2.24) is 19.5 Å². The lowest BCUT2D eigenvalue weighted by molar-refractivity contribution is 0.251. The lowest BCUT2D eigenvalue weighted by Gasteiger charge is -2.10. The van der Waals surface area contributed by atoms with E-state index in [0.29, 0.717) is 12.5 Å². The van der Waals surface area contributed by atoms with Crippen LogP contribution in [0.25, 0.3) is 5.65 Å². The number of hydrogen-bond donors (Lipinski definition) is 0. The molecule has 0 aliphatic rings. The first kappa shape index (κ1) is 9.92. The molecule has 0 spiro atoms. The van der Waals surface area contributed by atoms with Crippen molar-refractivity contribution in [2.45, 2.75) is 0 Å². The van der Waals surface area contributed by atoms with Crippen LogP contribution in [0.1, 0.15) is 0 Å². The molecule has 0 saturated heterocycles. The fourth-order valence-corrected chi connectivity index (χ4v) is 1.21. The van der Waals surface area contributed by atoms with Crippen LogP contribution in [0, 0.1) is 0 Å². The van der Waals surface area contributed by atoms with Gasteiger partial charge < -0.3 is 9.64 Å². The molecule has 2 aromatic heterocycles. The van der Waals surface area contributed by atoms with Crippen LogP contribution in [0.4, 0.5) is 0 Å². The summed E-state index contributed by atoms with van der Waals surface area (Å²) in [6.07, 6.45) is 3.51. The molecule has 2 aromatic rings. The van der Waals surface area contributed by atoms with Gasteiger partial charge in [0.1, 0.15) is 6.61 Å². The van der Waals surface area contributed by atoms with Gasteiger partial charge in [0.2, 0.25) is 5.88 Å². The second kappa shape index (κ2) is 4.27. The third-order valence-corrected chi connectivity index (χ3v) is 2.02. The Morgan fingerprint density at radius 1 is 1.40 bits per heavy atom. The summed E-state index contributed by atoms with van der Waals surface area (Å²) in [7, 11) is 4.02. The van der Waals surface area contributed by atoms with E-state index in [1.165, 1.54) is 0 Å². The van der Waals surface area contributed by atoms with E-state index < -0.39 is 0 Å². The molecule has 0 atom stereocenters. The molecule has 0 unspecified atom stereocenters. The van der Waals surface area contributed by atoms with Crippen LogP contribution in [-0.2, 0) is 0 Å². The number of nitrogens with zero attached hydrogens (tertiary/aromatic N) is 4. The van der Waals surface area contributed by atoms with E-state index in [9.17, 15) is 0 Å². The van der Waals surface area contributed by atoms with Gasteiger partial charge in [-0.3, -0.25) is 0 Å². The third kappa shape index (κ3) is 2.44. The van der Waals surface area contributed by atoms with Gasteiger partial charge in [-0.05, 0) is 20.2 Å². The van der Waals surface area contributed by atoms with Crippen LogP contribution in [0.3, 0.4) is 0 Å². The van der Waals surface area contributed by atoms with Crippen molar-refractivity contribution < 1.29 is 4.74 Å². The van der Waals surface area contributed by atoms with E-state index in [1.807, 2.05) is 26.2 Å². The second-order valence-corrected chi connectivity index (χ2v) is 3.55. The van der Waals surface area contributed by atoms with Crippen molar-refractivity contribution in [3.63, 3.8) is 0 Å². The molecular formula is C10H14N4O. The highest BCUT2D eigenvalue weighted by Crippen LogP contribution is 2.07. The Labute approximate surface area is 88.3 Å². The van der Waals surface area contributed by atoms with Crippen molar-refractivity contribution in [1.29, 1.82) is 0 Å². The summed E-state index contributed by atoms with van der Waals surface area (Å²) in [6, 6.07) is 3.72.